The summed E-state index contributed by atoms with van der Waals surface area (Å²) in [5.74, 6) is 1.15. The Morgan fingerprint density at radius 3 is 2.68 bits per heavy atom. The smallest absolute Gasteiger partial charge is 0.0946 e. The van der Waals surface area contributed by atoms with Crippen molar-refractivity contribution in [3.05, 3.63) is 90.0 Å². The van der Waals surface area contributed by atoms with E-state index in [1.807, 2.05) is 12.5 Å². The summed E-state index contributed by atoms with van der Waals surface area (Å²) in [6.07, 6.45) is 6.99. The number of aryl methyl sites for hydroxylation is 1. The van der Waals surface area contributed by atoms with Crippen LogP contribution >= 0.6 is 11.8 Å². The maximum atomic E-state index is 4.22. The highest BCUT2D eigenvalue weighted by Gasteiger charge is 2.39. The number of hydrogen-bond acceptors (Lipinski definition) is 2. The third-order valence-electron chi connectivity index (χ3n) is 4.38. The molecule has 22 heavy (non-hydrogen) atoms. The molecule has 4 rings (SSSR count). The lowest BCUT2D eigenvalue weighted by Gasteiger charge is -2.39. The fourth-order valence-electron chi connectivity index (χ4n) is 3.35. The van der Waals surface area contributed by atoms with Crippen molar-refractivity contribution in [1.82, 2.24) is 9.55 Å². The second kappa shape index (κ2) is 5.65. The van der Waals surface area contributed by atoms with E-state index in [1.165, 1.54) is 16.7 Å². The highest BCUT2D eigenvalue weighted by molar-refractivity contribution is 8.00. The number of thioether (sulfide) groups is 1. The van der Waals surface area contributed by atoms with Gasteiger partial charge in [-0.15, -0.1) is 11.8 Å². The average molecular weight is 306 g/mol. The molecular weight excluding hydrogens is 288 g/mol. The van der Waals surface area contributed by atoms with E-state index in [2.05, 4.69) is 82.1 Å². The molecule has 0 N–H and O–H groups in total. The van der Waals surface area contributed by atoms with Crippen molar-refractivity contribution in [3.63, 3.8) is 0 Å². The summed E-state index contributed by atoms with van der Waals surface area (Å²) >= 11 is 2.06. The number of imidazole rings is 1. The monoisotopic (exact) mass is 306 g/mol. The largest absolute Gasteiger partial charge is 0.335 e. The fourth-order valence-corrected chi connectivity index (χ4v) is 4.92. The SMILES string of the molecule is c1ccc(C2(Cn3ccnc3)SCCc3ccccc32)cc1. The Labute approximate surface area is 135 Å². The van der Waals surface area contributed by atoms with Crippen molar-refractivity contribution < 1.29 is 0 Å². The van der Waals surface area contributed by atoms with Crippen molar-refractivity contribution in [2.75, 3.05) is 5.75 Å². The van der Waals surface area contributed by atoms with Crippen LogP contribution in [0, 0.1) is 0 Å². The number of hydrogen-bond donors (Lipinski definition) is 0. The van der Waals surface area contributed by atoms with E-state index in [1.54, 1.807) is 0 Å². The molecule has 2 aromatic carbocycles. The Morgan fingerprint density at radius 2 is 1.86 bits per heavy atom. The van der Waals surface area contributed by atoms with Crippen LogP contribution in [0.3, 0.4) is 0 Å². The Balaban J connectivity index is 1.90. The van der Waals surface area contributed by atoms with Gasteiger partial charge in [-0.25, -0.2) is 4.98 Å². The molecule has 0 spiro atoms. The van der Waals surface area contributed by atoms with Crippen LogP contribution in [-0.4, -0.2) is 15.3 Å². The van der Waals surface area contributed by atoms with Gasteiger partial charge in [0.1, 0.15) is 0 Å². The summed E-state index contributed by atoms with van der Waals surface area (Å²) < 4.78 is 2.17. The normalized spacial score (nSPS) is 20.5. The molecule has 1 aromatic heterocycles. The van der Waals surface area contributed by atoms with E-state index in [-0.39, 0.29) is 4.75 Å². The first-order valence-corrected chi connectivity index (χ1v) is 8.61. The molecule has 0 amide bonds. The molecule has 1 aliphatic heterocycles. The quantitative estimate of drug-likeness (QED) is 0.724. The molecule has 0 bridgehead atoms. The lowest BCUT2D eigenvalue weighted by molar-refractivity contribution is 0.571. The molecule has 0 saturated carbocycles. The summed E-state index contributed by atoms with van der Waals surface area (Å²) in [6, 6.07) is 19.8. The van der Waals surface area contributed by atoms with Crippen LogP contribution < -0.4 is 0 Å². The molecular formula is C19H18N2S. The minimum atomic E-state index is -0.0309. The van der Waals surface area contributed by atoms with E-state index < -0.39 is 0 Å². The first kappa shape index (κ1) is 13.6. The van der Waals surface area contributed by atoms with Gasteiger partial charge in [0.05, 0.1) is 11.1 Å². The third kappa shape index (κ3) is 2.26. The molecule has 110 valence electrons. The van der Waals surface area contributed by atoms with Gasteiger partial charge in [-0.3, -0.25) is 0 Å². The molecule has 1 aliphatic rings. The molecule has 0 saturated heterocycles. The summed E-state index contributed by atoms with van der Waals surface area (Å²) in [6.45, 7) is 0.915. The van der Waals surface area contributed by atoms with Crippen molar-refractivity contribution in [2.24, 2.45) is 0 Å². The van der Waals surface area contributed by atoms with E-state index in [9.17, 15) is 0 Å². The maximum Gasteiger partial charge on any atom is 0.0946 e. The van der Waals surface area contributed by atoms with Gasteiger partial charge < -0.3 is 4.57 Å². The van der Waals surface area contributed by atoms with Crippen molar-refractivity contribution in [3.8, 4) is 0 Å². The second-order valence-electron chi connectivity index (χ2n) is 5.68. The molecule has 3 heteroatoms. The number of aromatic nitrogens is 2. The molecule has 3 aromatic rings. The van der Waals surface area contributed by atoms with Gasteiger partial charge in [0, 0.05) is 18.9 Å². The predicted molar refractivity (Wildman–Crippen MR) is 92.1 cm³/mol. The minimum absolute atomic E-state index is 0.0309. The molecule has 0 aliphatic carbocycles. The lowest BCUT2D eigenvalue weighted by atomic mass is 9.85. The van der Waals surface area contributed by atoms with Gasteiger partial charge in [0.25, 0.3) is 0 Å². The lowest BCUT2D eigenvalue weighted by Crippen LogP contribution is -2.33. The Kier molecular flexibility index (Phi) is 3.51. The van der Waals surface area contributed by atoms with Crippen LogP contribution in [0.5, 0.6) is 0 Å². The van der Waals surface area contributed by atoms with Crippen LogP contribution in [0.2, 0.25) is 0 Å². The summed E-state index contributed by atoms with van der Waals surface area (Å²) in [5.41, 5.74) is 4.30. The van der Waals surface area contributed by atoms with Gasteiger partial charge in [-0.1, -0.05) is 54.6 Å². The second-order valence-corrected chi connectivity index (χ2v) is 7.08. The molecule has 1 unspecified atom stereocenters. The maximum absolute atomic E-state index is 4.22. The average Bonchev–Trinajstić information content (AvgIpc) is 3.09. The van der Waals surface area contributed by atoms with E-state index in [0.717, 1.165) is 18.7 Å². The summed E-state index contributed by atoms with van der Waals surface area (Å²) in [7, 11) is 0. The first-order chi connectivity index (χ1) is 10.9. The number of rotatable bonds is 3. The van der Waals surface area contributed by atoms with Crippen molar-refractivity contribution in [1.29, 1.82) is 0 Å². The number of fused-ring (bicyclic) bond motifs is 1. The molecule has 2 heterocycles. The van der Waals surface area contributed by atoms with Crippen LogP contribution in [0.1, 0.15) is 16.7 Å². The van der Waals surface area contributed by atoms with Crippen molar-refractivity contribution >= 4 is 11.8 Å². The van der Waals surface area contributed by atoms with Crippen LogP contribution in [-0.2, 0) is 17.7 Å². The third-order valence-corrected chi connectivity index (χ3v) is 5.86. The van der Waals surface area contributed by atoms with Crippen LogP contribution in [0.15, 0.2) is 73.3 Å². The minimum Gasteiger partial charge on any atom is -0.335 e. The molecule has 2 nitrogen and oxygen atoms in total. The zero-order chi connectivity index (χ0) is 14.8. The molecule has 1 atom stereocenters. The Bertz CT molecular complexity index is 752. The summed E-state index contributed by atoms with van der Waals surface area (Å²) in [5, 5.41) is 0. The van der Waals surface area contributed by atoms with Crippen LogP contribution in [0.25, 0.3) is 0 Å². The highest BCUT2D eigenvalue weighted by Crippen LogP contribution is 2.48. The predicted octanol–water partition coefficient (Wildman–Crippen LogP) is 4.12. The van der Waals surface area contributed by atoms with Gasteiger partial charge in [0.2, 0.25) is 0 Å². The molecule has 0 radical (unpaired) electrons. The van der Waals surface area contributed by atoms with E-state index in [0.29, 0.717) is 0 Å². The van der Waals surface area contributed by atoms with Gasteiger partial charge in [0.15, 0.2) is 0 Å². The standard InChI is InChI=1S/C19H18N2S/c1-2-7-17(8-3-1)19(14-21-12-11-20-15-21)18-9-5-4-6-16(18)10-13-22-19/h1-9,11-12,15H,10,13-14H2. The van der Waals surface area contributed by atoms with Gasteiger partial charge in [-0.05, 0) is 28.9 Å². The molecule has 0 fully saturated rings. The van der Waals surface area contributed by atoms with E-state index in [4.69, 9.17) is 0 Å². The topological polar surface area (TPSA) is 17.8 Å². The van der Waals surface area contributed by atoms with Gasteiger partial charge in [-0.2, -0.15) is 0 Å². The summed E-state index contributed by atoms with van der Waals surface area (Å²) in [4.78, 5) is 4.22. The highest BCUT2D eigenvalue weighted by atomic mass is 32.2. The number of benzene rings is 2. The first-order valence-electron chi connectivity index (χ1n) is 7.62. The fraction of sp³-hybridized carbons (Fsp3) is 0.211. The van der Waals surface area contributed by atoms with Gasteiger partial charge >= 0.3 is 0 Å². The zero-order valence-electron chi connectivity index (χ0n) is 12.4. The number of nitrogens with zero attached hydrogens (tertiary/aromatic N) is 2. The Hall–Kier alpha value is -2.00. The van der Waals surface area contributed by atoms with Crippen LogP contribution in [0.4, 0.5) is 0 Å². The Morgan fingerprint density at radius 1 is 1.05 bits per heavy atom. The zero-order valence-corrected chi connectivity index (χ0v) is 13.2. The van der Waals surface area contributed by atoms with Crippen molar-refractivity contribution in [2.45, 2.75) is 17.7 Å². The van der Waals surface area contributed by atoms with E-state index >= 15 is 0 Å².